The van der Waals surface area contributed by atoms with Crippen LogP contribution in [0.15, 0.2) is 36.4 Å². The Labute approximate surface area is 96.6 Å². The summed E-state index contributed by atoms with van der Waals surface area (Å²) < 4.78 is 0. The van der Waals surface area contributed by atoms with E-state index < -0.39 is 0 Å². The fourth-order valence-electron chi connectivity index (χ4n) is 2.69. The molecule has 1 aliphatic rings. The van der Waals surface area contributed by atoms with E-state index in [1.54, 1.807) is 0 Å². The lowest BCUT2D eigenvalue weighted by atomic mass is 9.86. The Hall–Kier alpha value is -1.56. The third kappa shape index (κ3) is 1.37. The van der Waals surface area contributed by atoms with Crippen molar-refractivity contribution in [1.29, 1.82) is 0 Å². The van der Waals surface area contributed by atoms with Gasteiger partial charge in [0.15, 0.2) is 0 Å². The molecule has 0 saturated carbocycles. The van der Waals surface area contributed by atoms with Crippen LogP contribution in [0.25, 0.3) is 16.8 Å². The summed E-state index contributed by atoms with van der Waals surface area (Å²) in [6.45, 7) is 4.50. The molecule has 0 aliphatic heterocycles. The van der Waals surface area contributed by atoms with Gasteiger partial charge in [0.25, 0.3) is 0 Å². The molecule has 0 nitrogen and oxygen atoms in total. The maximum atomic E-state index is 2.36. The van der Waals surface area contributed by atoms with Crippen molar-refractivity contribution in [1.82, 2.24) is 0 Å². The van der Waals surface area contributed by atoms with Crippen molar-refractivity contribution in [3.8, 4) is 0 Å². The first-order valence-electron chi connectivity index (χ1n) is 5.95. The molecule has 2 aromatic carbocycles. The zero-order valence-electron chi connectivity index (χ0n) is 9.83. The molecule has 0 N–H and O–H groups in total. The van der Waals surface area contributed by atoms with Crippen LogP contribution in [0.3, 0.4) is 0 Å². The first kappa shape index (κ1) is 9.65. The molecule has 1 atom stereocenters. The second-order valence-electron chi connectivity index (χ2n) is 4.85. The van der Waals surface area contributed by atoms with Crippen molar-refractivity contribution in [2.45, 2.75) is 20.3 Å². The molecule has 0 bridgehead atoms. The van der Waals surface area contributed by atoms with Crippen LogP contribution in [0.2, 0.25) is 0 Å². The summed E-state index contributed by atoms with van der Waals surface area (Å²) in [6, 6.07) is 11.1. The number of hydrogen-bond acceptors (Lipinski definition) is 0. The van der Waals surface area contributed by atoms with E-state index in [-0.39, 0.29) is 0 Å². The van der Waals surface area contributed by atoms with Crippen LogP contribution >= 0.6 is 0 Å². The normalized spacial score (nSPS) is 18.8. The van der Waals surface area contributed by atoms with Crippen molar-refractivity contribution in [2.24, 2.45) is 5.92 Å². The lowest BCUT2D eigenvalue weighted by molar-refractivity contribution is 0.718. The average Bonchev–Trinajstić information content (AvgIpc) is 2.29. The van der Waals surface area contributed by atoms with Crippen LogP contribution in [-0.2, 0) is 6.42 Å². The van der Waals surface area contributed by atoms with E-state index >= 15 is 0 Å². The minimum absolute atomic E-state index is 0.674. The molecular formula is C16H16. The maximum absolute atomic E-state index is 2.36. The predicted octanol–water partition coefficient (Wildman–Crippen LogP) is 4.35. The number of allylic oxidation sites excluding steroid dienone is 1. The number of fused-ring (bicyclic) bond motifs is 3. The van der Waals surface area contributed by atoms with Crippen molar-refractivity contribution < 1.29 is 0 Å². The zero-order chi connectivity index (χ0) is 11.1. The van der Waals surface area contributed by atoms with Gasteiger partial charge in [0.2, 0.25) is 0 Å². The van der Waals surface area contributed by atoms with E-state index in [1.807, 2.05) is 0 Å². The monoisotopic (exact) mass is 208 g/mol. The maximum Gasteiger partial charge on any atom is -0.0106 e. The Morgan fingerprint density at radius 2 is 1.88 bits per heavy atom. The number of hydrogen-bond donors (Lipinski definition) is 0. The minimum atomic E-state index is 0.674. The van der Waals surface area contributed by atoms with E-state index in [4.69, 9.17) is 0 Å². The minimum Gasteiger partial charge on any atom is -0.0807 e. The van der Waals surface area contributed by atoms with Gasteiger partial charge in [-0.15, -0.1) is 0 Å². The van der Waals surface area contributed by atoms with E-state index in [9.17, 15) is 0 Å². The van der Waals surface area contributed by atoms with Crippen molar-refractivity contribution in [3.05, 3.63) is 53.1 Å². The molecule has 2 aromatic rings. The van der Waals surface area contributed by atoms with Crippen molar-refractivity contribution in [2.75, 3.05) is 0 Å². The predicted molar refractivity (Wildman–Crippen MR) is 70.6 cm³/mol. The van der Waals surface area contributed by atoms with Crippen LogP contribution in [0, 0.1) is 12.8 Å². The van der Waals surface area contributed by atoms with Gasteiger partial charge in [-0.2, -0.15) is 0 Å². The summed E-state index contributed by atoms with van der Waals surface area (Å²) in [6.07, 6.45) is 5.80. The molecule has 1 aliphatic carbocycles. The zero-order valence-corrected chi connectivity index (χ0v) is 9.83. The van der Waals surface area contributed by atoms with Gasteiger partial charge in [0.05, 0.1) is 0 Å². The molecule has 0 aromatic heterocycles. The molecule has 0 radical (unpaired) electrons. The van der Waals surface area contributed by atoms with Gasteiger partial charge in [0.1, 0.15) is 0 Å². The topological polar surface area (TPSA) is 0 Å². The van der Waals surface area contributed by atoms with Crippen molar-refractivity contribution in [3.63, 3.8) is 0 Å². The Balaban J connectivity index is 2.38. The largest absolute Gasteiger partial charge is 0.0807 e. The molecule has 0 fully saturated rings. The lowest BCUT2D eigenvalue weighted by Crippen LogP contribution is -2.04. The second kappa shape index (κ2) is 3.48. The first-order chi connectivity index (χ1) is 7.75. The van der Waals surface area contributed by atoms with Gasteiger partial charge in [-0.1, -0.05) is 49.4 Å². The highest BCUT2D eigenvalue weighted by Crippen LogP contribution is 2.31. The van der Waals surface area contributed by atoms with E-state index in [0.717, 1.165) is 0 Å². The van der Waals surface area contributed by atoms with E-state index in [0.29, 0.717) is 5.92 Å². The SMILES string of the molecule is Cc1cc2c(c3ccccc13)C=CC(C)C2. The van der Waals surface area contributed by atoms with Gasteiger partial charge in [-0.25, -0.2) is 0 Å². The molecule has 0 amide bonds. The number of benzene rings is 2. The molecule has 0 heteroatoms. The quantitative estimate of drug-likeness (QED) is 0.603. The number of aryl methyl sites for hydroxylation is 1. The van der Waals surface area contributed by atoms with E-state index in [1.165, 1.54) is 33.9 Å². The summed E-state index contributed by atoms with van der Waals surface area (Å²) in [5, 5.41) is 2.79. The summed E-state index contributed by atoms with van der Waals surface area (Å²) >= 11 is 0. The van der Waals surface area contributed by atoms with Crippen LogP contribution in [-0.4, -0.2) is 0 Å². The molecule has 1 unspecified atom stereocenters. The van der Waals surface area contributed by atoms with Crippen molar-refractivity contribution >= 4 is 16.8 Å². The summed E-state index contributed by atoms with van der Waals surface area (Å²) in [5.74, 6) is 0.674. The summed E-state index contributed by atoms with van der Waals surface area (Å²) in [7, 11) is 0. The summed E-state index contributed by atoms with van der Waals surface area (Å²) in [4.78, 5) is 0. The molecule has 3 rings (SSSR count). The smallest absolute Gasteiger partial charge is 0.0106 e. The first-order valence-corrected chi connectivity index (χ1v) is 5.95. The Morgan fingerprint density at radius 3 is 2.69 bits per heavy atom. The van der Waals surface area contributed by atoms with Gasteiger partial charge in [-0.05, 0) is 46.7 Å². The van der Waals surface area contributed by atoms with Gasteiger partial charge < -0.3 is 0 Å². The van der Waals surface area contributed by atoms with Gasteiger partial charge in [-0.3, -0.25) is 0 Å². The lowest BCUT2D eigenvalue weighted by Gasteiger charge is -2.19. The Morgan fingerprint density at radius 1 is 1.12 bits per heavy atom. The molecule has 0 spiro atoms. The molecule has 80 valence electrons. The molecule has 16 heavy (non-hydrogen) atoms. The van der Waals surface area contributed by atoms with Crippen LogP contribution in [0.4, 0.5) is 0 Å². The fourth-order valence-corrected chi connectivity index (χ4v) is 2.69. The molecule has 0 heterocycles. The number of rotatable bonds is 0. The van der Waals surface area contributed by atoms with Crippen LogP contribution in [0.5, 0.6) is 0 Å². The highest BCUT2D eigenvalue weighted by Gasteiger charge is 2.13. The summed E-state index contributed by atoms with van der Waals surface area (Å²) in [5.41, 5.74) is 4.34. The molecular weight excluding hydrogens is 192 g/mol. The highest BCUT2D eigenvalue weighted by atomic mass is 14.2. The average molecular weight is 208 g/mol. The Bertz CT molecular complexity index is 576. The van der Waals surface area contributed by atoms with Gasteiger partial charge >= 0.3 is 0 Å². The second-order valence-corrected chi connectivity index (χ2v) is 4.85. The van der Waals surface area contributed by atoms with Crippen LogP contribution < -0.4 is 0 Å². The Kier molecular flexibility index (Phi) is 2.10. The third-order valence-electron chi connectivity index (χ3n) is 3.51. The van der Waals surface area contributed by atoms with Crippen LogP contribution in [0.1, 0.15) is 23.6 Å². The molecule has 0 saturated heterocycles. The standard InChI is InChI=1S/C16H16/c1-11-7-8-15-13(9-11)10-12(2)14-5-3-4-6-16(14)15/h3-8,10-11H,9H2,1-2H3. The third-order valence-corrected chi connectivity index (χ3v) is 3.51. The van der Waals surface area contributed by atoms with E-state index in [2.05, 4.69) is 56.3 Å². The highest BCUT2D eigenvalue weighted by molar-refractivity contribution is 5.94. The fraction of sp³-hybridized carbons (Fsp3) is 0.250. The van der Waals surface area contributed by atoms with Gasteiger partial charge in [0, 0.05) is 0 Å².